The van der Waals surface area contributed by atoms with Crippen LogP contribution in [0.15, 0.2) is 23.1 Å². The second-order valence-corrected chi connectivity index (χ2v) is 6.80. The van der Waals surface area contributed by atoms with E-state index in [9.17, 15) is 13.2 Å². The number of hydrogen-bond acceptors (Lipinski definition) is 3. The number of rotatable bonds is 6. The molecule has 0 saturated heterocycles. The molecule has 118 valence electrons. The second-order valence-electron chi connectivity index (χ2n) is 4.89. The summed E-state index contributed by atoms with van der Waals surface area (Å²) in [6.45, 7) is 8.61. The molecule has 0 aliphatic heterocycles. The summed E-state index contributed by atoms with van der Waals surface area (Å²) in [5.41, 5.74) is 1.05. The summed E-state index contributed by atoms with van der Waals surface area (Å²) >= 11 is 0. The van der Waals surface area contributed by atoms with Crippen molar-refractivity contribution >= 4 is 15.9 Å². The third-order valence-corrected chi connectivity index (χ3v) is 5.77. The van der Waals surface area contributed by atoms with Crippen molar-refractivity contribution in [3.05, 3.63) is 29.3 Å². The normalized spacial score (nSPS) is 11.7. The maximum Gasteiger partial charge on any atom is 0.253 e. The molecule has 1 rings (SSSR count). The number of aryl methyl sites for hydroxylation is 1. The van der Waals surface area contributed by atoms with E-state index in [-0.39, 0.29) is 10.8 Å². The zero-order chi connectivity index (χ0) is 16.2. The van der Waals surface area contributed by atoms with E-state index in [4.69, 9.17) is 0 Å². The molecule has 21 heavy (non-hydrogen) atoms. The number of carbonyl (C=O) groups excluding carboxylic acids is 1. The van der Waals surface area contributed by atoms with Gasteiger partial charge < -0.3 is 4.90 Å². The van der Waals surface area contributed by atoms with Crippen molar-refractivity contribution in [1.82, 2.24) is 9.21 Å². The maximum absolute atomic E-state index is 12.6. The summed E-state index contributed by atoms with van der Waals surface area (Å²) < 4.78 is 26.7. The summed E-state index contributed by atoms with van der Waals surface area (Å²) in [7, 11) is -1.86. The lowest BCUT2D eigenvalue weighted by Crippen LogP contribution is -2.31. The quantitative estimate of drug-likeness (QED) is 0.808. The van der Waals surface area contributed by atoms with Gasteiger partial charge in [-0.1, -0.05) is 19.9 Å². The predicted octanol–water partition coefficient (Wildman–Crippen LogP) is 2.12. The van der Waals surface area contributed by atoms with Gasteiger partial charge in [0.25, 0.3) is 5.91 Å². The van der Waals surface area contributed by atoms with E-state index in [2.05, 4.69) is 0 Å². The molecule has 0 bridgehead atoms. The first-order valence-corrected chi connectivity index (χ1v) is 8.59. The number of sulfonamides is 1. The molecule has 5 nitrogen and oxygen atoms in total. The van der Waals surface area contributed by atoms with Crippen molar-refractivity contribution < 1.29 is 13.2 Å². The van der Waals surface area contributed by atoms with Crippen LogP contribution in [-0.4, -0.2) is 50.2 Å². The topological polar surface area (TPSA) is 57.7 Å². The lowest BCUT2D eigenvalue weighted by molar-refractivity contribution is 0.0802. The van der Waals surface area contributed by atoms with Crippen LogP contribution < -0.4 is 0 Å². The molecule has 0 N–H and O–H groups in total. The van der Waals surface area contributed by atoms with Crippen molar-refractivity contribution in [3.63, 3.8) is 0 Å². The Morgan fingerprint density at radius 2 is 1.67 bits per heavy atom. The molecule has 1 aromatic carbocycles. The SMILES string of the molecule is CCN(C)C(=O)c1ccc(C)c(S(=O)(=O)N(CC)CC)c1. The smallest absolute Gasteiger partial charge is 0.253 e. The van der Waals surface area contributed by atoms with Crippen LogP contribution in [0.2, 0.25) is 0 Å². The zero-order valence-electron chi connectivity index (χ0n) is 13.4. The lowest BCUT2D eigenvalue weighted by Gasteiger charge is -2.21. The van der Waals surface area contributed by atoms with Gasteiger partial charge >= 0.3 is 0 Å². The largest absolute Gasteiger partial charge is 0.342 e. The summed E-state index contributed by atoms with van der Waals surface area (Å²) in [6, 6.07) is 4.84. The number of carbonyl (C=O) groups is 1. The Balaban J connectivity index is 3.35. The summed E-state index contributed by atoms with van der Waals surface area (Å²) in [5.74, 6) is -0.173. The van der Waals surface area contributed by atoms with Crippen LogP contribution in [0, 0.1) is 6.92 Å². The highest BCUT2D eigenvalue weighted by atomic mass is 32.2. The van der Waals surface area contributed by atoms with Crippen molar-refractivity contribution in [1.29, 1.82) is 0 Å². The van der Waals surface area contributed by atoms with Crippen molar-refractivity contribution in [2.75, 3.05) is 26.7 Å². The number of hydrogen-bond donors (Lipinski definition) is 0. The van der Waals surface area contributed by atoms with Crippen LogP contribution in [0.5, 0.6) is 0 Å². The monoisotopic (exact) mass is 312 g/mol. The second kappa shape index (κ2) is 7.04. The van der Waals surface area contributed by atoms with E-state index in [1.54, 1.807) is 44.9 Å². The van der Waals surface area contributed by atoms with Crippen LogP contribution >= 0.6 is 0 Å². The molecule has 0 spiro atoms. The molecule has 1 amide bonds. The first kappa shape index (κ1) is 17.7. The van der Waals surface area contributed by atoms with Gasteiger partial charge in [0, 0.05) is 32.2 Å². The summed E-state index contributed by atoms with van der Waals surface area (Å²) in [6.07, 6.45) is 0. The van der Waals surface area contributed by atoms with E-state index in [0.717, 1.165) is 0 Å². The van der Waals surface area contributed by atoms with E-state index in [1.165, 1.54) is 10.4 Å². The van der Waals surface area contributed by atoms with Crippen molar-refractivity contribution in [2.45, 2.75) is 32.6 Å². The molecule has 0 saturated carbocycles. The predicted molar refractivity (Wildman–Crippen MR) is 83.9 cm³/mol. The number of nitrogens with zero attached hydrogens (tertiary/aromatic N) is 2. The molecule has 1 aromatic rings. The van der Waals surface area contributed by atoms with Crippen molar-refractivity contribution in [2.24, 2.45) is 0 Å². The van der Waals surface area contributed by atoms with E-state index >= 15 is 0 Å². The lowest BCUT2D eigenvalue weighted by atomic mass is 10.1. The van der Waals surface area contributed by atoms with E-state index in [0.29, 0.717) is 30.8 Å². The molecular weight excluding hydrogens is 288 g/mol. The standard InChI is InChI=1S/C15H24N2O3S/c1-6-16(5)15(18)13-10-9-12(4)14(11-13)21(19,20)17(7-2)8-3/h9-11H,6-8H2,1-5H3. The Kier molecular flexibility index (Phi) is 5.92. The first-order valence-electron chi connectivity index (χ1n) is 7.15. The molecule has 0 aliphatic rings. The minimum atomic E-state index is -3.56. The minimum absolute atomic E-state index is 0.173. The Hall–Kier alpha value is -1.40. The maximum atomic E-state index is 12.6. The zero-order valence-corrected chi connectivity index (χ0v) is 14.2. The minimum Gasteiger partial charge on any atom is -0.342 e. The third kappa shape index (κ3) is 3.63. The summed E-state index contributed by atoms with van der Waals surface area (Å²) in [5, 5.41) is 0. The van der Waals surface area contributed by atoms with Gasteiger partial charge in [0.1, 0.15) is 0 Å². The third-order valence-electron chi connectivity index (χ3n) is 3.58. The Morgan fingerprint density at radius 1 is 1.10 bits per heavy atom. The van der Waals surface area contributed by atoms with Gasteiger partial charge in [-0.05, 0) is 31.5 Å². The van der Waals surface area contributed by atoms with Crippen molar-refractivity contribution in [3.8, 4) is 0 Å². The van der Waals surface area contributed by atoms with Gasteiger partial charge in [-0.15, -0.1) is 0 Å². The van der Waals surface area contributed by atoms with Gasteiger partial charge in [0.05, 0.1) is 4.90 Å². The molecule has 0 unspecified atom stereocenters. The Labute approximate surface area is 127 Å². The van der Waals surface area contributed by atoms with Crippen LogP contribution in [0.1, 0.15) is 36.7 Å². The fourth-order valence-electron chi connectivity index (χ4n) is 2.08. The van der Waals surface area contributed by atoms with Gasteiger partial charge in [0.15, 0.2) is 0 Å². The Morgan fingerprint density at radius 3 is 2.14 bits per heavy atom. The van der Waals surface area contributed by atoms with Gasteiger partial charge in [0.2, 0.25) is 10.0 Å². The van der Waals surface area contributed by atoms with Gasteiger partial charge in [-0.2, -0.15) is 4.31 Å². The highest BCUT2D eigenvalue weighted by molar-refractivity contribution is 7.89. The van der Waals surface area contributed by atoms with Crippen LogP contribution in [0.3, 0.4) is 0 Å². The fraction of sp³-hybridized carbons (Fsp3) is 0.533. The molecule has 0 radical (unpaired) electrons. The molecule has 0 aromatic heterocycles. The highest BCUT2D eigenvalue weighted by Gasteiger charge is 2.25. The fourth-order valence-corrected chi connectivity index (χ4v) is 3.79. The van der Waals surface area contributed by atoms with E-state index in [1.807, 2.05) is 6.92 Å². The molecule has 0 aliphatic carbocycles. The molecule has 0 heterocycles. The Bertz CT molecular complexity index is 607. The highest BCUT2D eigenvalue weighted by Crippen LogP contribution is 2.22. The molecule has 0 atom stereocenters. The van der Waals surface area contributed by atoms with Gasteiger partial charge in [-0.3, -0.25) is 4.79 Å². The molecular formula is C15H24N2O3S. The van der Waals surface area contributed by atoms with E-state index < -0.39 is 10.0 Å². The van der Waals surface area contributed by atoms with Gasteiger partial charge in [-0.25, -0.2) is 8.42 Å². The molecule has 0 fully saturated rings. The average Bonchev–Trinajstić information content (AvgIpc) is 2.46. The molecule has 6 heteroatoms. The van der Waals surface area contributed by atoms with Crippen LogP contribution in [0.4, 0.5) is 0 Å². The average molecular weight is 312 g/mol. The number of benzene rings is 1. The number of amides is 1. The van der Waals surface area contributed by atoms with Crippen LogP contribution in [-0.2, 0) is 10.0 Å². The summed E-state index contributed by atoms with van der Waals surface area (Å²) in [4.78, 5) is 14.0. The first-order chi connectivity index (χ1) is 9.79. The van der Waals surface area contributed by atoms with Crippen LogP contribution in [0.25, 0.3) is 0 Å².